The summed E-state index contributed by atoms with van der Waals surface area (Å²) < 4.78 is 5.11. The second kappa shape index (κ2) is 7.42. The third-order valence-corrected chi connectivity index (χ3v) is 4.60. The number of piperidine rings is 1. The zero-order valence-electron chi connectivity index (χ0n) is 14.2. The Bertz CT molecular complexity index is 637. The summed E-state index contributed by atoms with van der Waals surface area (Å²) in [6.45, 7) is 1.56. The van der Waals surface area contributed by atoms with Gasteiger partial charge in [-0.3, -0.25) is 9.69 Å². The van der Waals surface area contributed by atoms with Gasteiger partial charge in [0.1, 0.15) is 5.75 Å². The molecule has 1 aromatic carbocycles. The van der Waals surface area contributed by atoms with Gasteiger partial charge in [-0.1, -0.05) is 12.1 Å². The predicted molar refractivity (Wildman–Crippen MR) is 90.1 cm³/mol. The first-order chi connectivity index (χ1) is 12.1. The molecule has 0 aliphatic carbocycles. The fourth-order valence-electron chi connectivity index (χ4n) is 3.16. The molecule has 0 atom stereocenters. The Kier molecular flexibility index (Phi) is 5.06. The van der Waals surface area contributed by atoms with Crippen molar-refractivity contribution in [1.29, 1.82) is 0 Å². The molecule has 5 amide bonds. The van der Waals surface area contributed by atoms with Gasteiger partial charge in [0, 0.05) is 25.7 Å². The Hall–Kier alpha value is -2.77. The van der Waals surface area contributed by atoms with Gasteiger partial charge in [-0.05, 0) is 30.5 Å². The highest BCUT2D eigenvalue weighted by atomic mass is 16.5. The molecule has 2 fully saturated rings. The molecule has 2 heterocycles. The number of likely N-dealkylation sites (tertiary alicyclic amines) is 1. The third kappa shape index (κ3) is 3.84. The summed E-state index contributed by atoms with van der Waals surface area (Å²) in [6, 6.07) is 6.93. The lowest BCUT2D eigenvalue weighted by Gasteiger charge is -2.35. The van der Waals surface area contributed by atoms with Crippen molar-refractivity contribution >= 4 is 18.0 Å². The number of benzene rings is 1. The Morgan fingerprint density at radius 1 is 1.24 bits per heavy atom. The number of hydrogen-bond acceptors (Lipinski definition) is 4. The van der Waals surface area contributed by atoms with Crippen LogP contribution in [-0.2, 0) is 11.3 Å². The van der Waals surface area contributed by atoms with Crippen LogP contribution in [0.2, 0.25) is 0 Å². The molecule has 2 aliphatic heterocycles. The fraction of sp³-hybridized carbons (Fsp3) is 0.471. The van der Waals surface area contributed by atoms with E-state index < -0.39 is 0 Å². The van der Waals surface area contributed by atoms with Gasteiger partial charge < -0.3 is 20.3 Å². The van der Waals surface area contributed by atoms with Crippen LogP contribution < -0.4 is 15.4 Å². The lowest BCUT2D eigenvalue weighted by molar-refractivity contribution is -0.127. The molecule has 0 saturated carbocycles. The lowest BCUT2D eigenvalue weighted by Crippen LogP contribution is -2.51. The van der Waals surface area contributed by atoms with E-state index in [0.29, 0.717) is 32.5 Å². The zero-order valence-corrected chi connectivity index (χ0v) is 14.2. The number of nitrogens with one attached hydrogen (secondary N) is 2. The number of urea groups is 2. The standard InChI is InChI=1S/C17H22N4O4/c1-25-14-4-2-12(3-5-14)10-18-16(23)20-8-6-13(7-9-20)21-15(22)11-19-17(21)24/h2-5,13H,6-11H2,1H3,(H,18,23)(H,19,24). The average molecular weight is 346 g/mol. The largest absolute Gasteiger partial charge is 0.497 e. The molecule has 8 heteroatoms. The highest BCUT2D eigenvalue weighted by Gasteiger charge is 2.37. The van der Waals surface area contributed by atoms with Crippen LogP contribution in [0.3, 0.4) is 0 Å². The Morgan fingerprint density at radius 3 is 2.48 bits per heavy atom. The molecule has 0 spiro atoms. The molecule has 134 valence electrons. The Morgan fingerprint density at radius 2 is 1.92 bits per heavy atom. The topological polar surface area (TPSA) is 91.0 Å². The van der Waals surface area contributed by atoms with E-state index in [1.165, 1.54) is 4.90 Å². The van der Waals surface area contributed by atoms with Gasteiger partial charge in [0.15, 0.2) is 0 Å². The van der Waals surface area contributed by atoms with E-state index in [9.17, 15) is 14.4 Å². The maximum Gasteiger partial charge on any atom is 0.324 e. The number of imide groups is 1. The number of ether oxygens (including phenoxy) is 1. The summed E-state index contributed by atoms with van der Waals surface area (Å²) in [6.07, 6.45) is 1.21. The van der Waals surface area contributed by atoms with E-state index in [1.54, 1.807) is 12.0 Å². The van der Waals surface area contributed by atoms with Crippen molar-refractivity contribution < 1.29 is 19.1 Å². The van der Waals surface area contributed by atoms with Crippen LogP contribution in [0.25, 0.3) is 0 Å². The summed E-state index contributed by atoms with van der Waals surface area (Å²) >= 11 is 0. The number of carbonyl (C=O) groups is 3. The molecule has 0 bridgehead atoms. The minimum Gasteiger partial charge on any atom is -0.497 e. The molecular formula is C17H22N4O4. The van der Waals surface area contributed by atoms with E-state index >= 15 is 0 Å². The predicted octanol–water partition coefficient (Wildman–Crippen LogP) is 0.921. The van der Waals surface area contributed by atoms with E-state index in [-0.39, 0.29) is 30.6 Å². The van der Waals surface area contributed by atoms with Crippen LogP contribution in [0.5, 0.6) is 5.75 Å². The summed E-state index contributed by atoms with van der Waals surface area (Å²) in [5.74, 6) is 0.588. The minimum absolute atomic E-state index is 0.0708. The van der Waals surface area contributed by atoms with Crippen LogP contribution in [0, 0.1) is 0 Å². The first-order valence-corrected chi connectivity index (χ1v) is 8.34. The molecule has 0 unspecified atom stereocenters. The molecule has 0 aromatic heterocycles. The molecule has 1 aromatic rings. The maximum absolute atomic E-state index is 12.3. The van der Waals surface area contributed by atoms with Crippen molar-refractivity contribution in [2.45, 2.75) is 25.4 Å². The van der Waals surface area contributed by atoms with Gasteiger partial charge in [-0.25, -0.2) is 9.59 Å². The normalized spacial score (nSPS) is 18.3. The molecule has 2 N–H and O–H groups in total. The third-order valence-electron chi connectivity index (χ3n) is 4.60. The summed E-state index contributed by atoms with van der Waals surface area (Å²) in [5.41, 5.74) is 0.989. The molecule has 2 aliphatic rings. The van der Waals surface area contributed by atoms with Crippen LogP contribution in [0.4, 0.5) is 9.59 Å². The molecule has 8 nitrogen and oxygen atoms in total. The van der Waals surface area contributed by atoms with Gasteiger partial charge in [0.25, 0.3) is 0 Å². The monoisotopic (exact) mass is 346 g/mol. The van der Waals surface area contributed by atoms with Crippen molar-refractivity contribution in [2.75, 3.05) is 26.7 Å². The minimum atomic E-state index is -0.326. The van der Waals surface area contributed by atoms with Crippen molar-refractivity contribution in [1.82, 2.24) is 20.4 Å². The first-order valence-electron chi connectivity index (χ1n) is 8.34. The number of nitrogens with zero attached hydrogens (tertiary/aromatic N) is 2. The second-order valence-electron chi connectivity index (χ2n) is 6.15. The smallest absolute Gasteiger partial charge is 0.324 e. The zero-order chi connectivity index (χ0) is 17.8. The number of rotatable bonds is 4. The summed E-state index contributed by atoms with van der Waals surface area (Å²) in [4.78, 5) is 38.7. The Labute approximate surface area is 146 Å². The van der Waals surface area contributed by atoms with Crippen LogP contribution in [0.15, 0.2) is 24.3 Å². The highest BCUT2D eigenvalue weighted by molar-refractivity contribution is 6.02. The number of amides is 5. The molecule has 3 rings (SSSR count). The lowest BCUT2D eigenvalue weighted by atomic mass is 10.0. The fourth-order valence-corrected chi connectivity index (χ4v) is 3.16. The van der Waals surface area contributed by atoms with Crippen molar-refractivity contribution in [3.8, 4) is 5.75 Å². The van der Waals surface area contributed by atoms with Crippen LogP contribution in [0.1, 0.15) is 18.4 Å². The van der Waals surface area contributed by atoms with E-state index in [2.05, 4.69) is 10.6 Å². The number of carbonyl (C=O) groups excluding carboxylic acids is 3. The van der Waals surface area contributed by atoms with Crippen LogP contribution in [-0.4, -0.2) is 60.6 Å². The SMILES string of the molecule is COc1ccc(CNC(=O)N2CCC(N3C(=O)CNC3=O)CC2)cc1. The quantitative estimate of drug-likeness (QED) is 0.793. The number of hydrogen-bond donors (Lipinski definition) is 2. The second-order valence-corrected chi connectivity index (χ2v) is 6.15. The molecular weight excluding hydrogens is 324 g/mol. The van der Waals surface area contributed by atoms with Crippen molar-refractivity contribution in [3.63, 3.8) is 0 Å². The molecule has 25 heavy (non-hydrogen) atoms. The summed E-state index contributed by atoms with van der Waals surface area (Å²) in [5, 5.41) is 5.43. The van der Waals surface area contributed by atoms with Gasteiger partial charge in [-0.15, -0.1) is 0 Å². The van der Waals surface area contributed by atoms with Gasteiger partial charge in [0.2, 0.25) is 5.91 Å². The average Bonchev–Trinajstić information content (AvgIpc) is 2.98. The van der Waals surface area contributed by atoms with Crippen molar-refractivity contribution in [2.24, 2.45) is 0 Å². The summed E-state index contributed by atoms with van der Waals surface area (Å²) in [7, 11) is 1.61. The van der Waals surface area contributed by atoms with E-state index in [1.807, 2.05) is 24.3 Å². The van der Waals surface area contributed by atoms with Crippen LogP contribution >= 0.6 is 0 Å². The maximum atomic E-state index is 12.3. The molecule has 0 radical (unpaired) electrons. The van der Waals surface area contributed by atoms with Gasteiger partial charge in [-0.2, -0.15) is 0 Å². The van der Waals surface area contributed by atoms with Crippen molar-refractivity contribution in [3.05, 3.63) is 29.8 Å². The Balaban J connectivity index is 1.46. The van der Waals surface area contributed by atoms with Gasteiger partial charge in [0.05, 0.1) is 13.7 Å². The van der Waals surface area contributed by atoms with E-state index in [4.69, 9.17) is 4.74 Å². The van der Waals surface area contributed by atoms with E-state index in [0.717, 1.165) is 11.3 Å². The first kappa shape index (κ1) is 17.1. The van der Waals surface area contributed by atoms with Gasteiger partial charge >= 0.3 is 12.1 Å². The highest BCUT2D eigenvalue weighted by Crippen LogP contribution is 2.19. The number of methoxy groups -OCH3 is 1. The molecule has 2 saturated heterocycles.